The Labute approximate surface area is 153 Å². The maximum absolute atomic E-state index is 13.9. The zero-order chi connectivity index (χ0) is 19.0. The summed E-state index contributed by atoms with van der Waals surface area (Å²) in [6.45, 7) is 1.57. The second-order valence-corrected chi connectivity index (χ2v) is 7.30. The molecule has 0 bridgehead atoms. The molecule has 0 aliphatic heterocycles. The van der Waals surface area contributed by atoms with Crippen molar-refractivity contribution in [3.63, 3.8) is 0 Å². The van der Waals surface area contributed by atoms with Gasteiger partial charge in [-0.1, -0.05) is 0 Å². The minimum atomic E-state index is -1.09. The summed E-state index contributed by atoms with van der Waals surface area (Å²) in [5, 5.41) is 4.05. The lowest BCUT2D eigenvalue weighted by molar-refractivity contribution is 0.100. The molecule has 0 radical (unpaired) electrons. The van der Waals surface area contributed by atoms with Crippen LogP contribution in [-0.2, 0) is 0 Å². The molecule has 134 valence electrons. The summed E-state index contributed by atoms with van der Waals surface area (Å²) < 4.78 is 41.0. The molecule has 2 aromatic heterocycles. The van der Waals surface area contributed by atoms with Crippen LogP contribution in [0.15, 0.2) is 23.6 Å². The number of anilines is 1. The van der Waals surface area contributed by atoms with Gasteiger partial charge in [0, 0.05) is 22.4 Å². The van der Waals surface area contributed by atoms with Gasteiger partial charge in [0.2, 0.25) is 5.91 Å². The third-order valence-electron chi connectivity index (χ3n) is 3.37. The maximum Gasteiger partial charge on any atom is 0.267 e. The molecule has 10 heteroatoms. The number of carbonyl (C=O) groups excluding carboxylic acids is 2. The van der Waals surface area contributed by atoms with Gasteiger partial charge < -0.3 is 5.73 Å². The minimum absolute atomic E-state index is 0.0238. The zero-order valence-electron chi connectivity index (χ0n) is 13.1. The second kappa shape index (κ2) is 6.89. The van der Waals surface area contributed by atoms with Crippen LogP contribution >= 0.6 is 22.7 Å². The average Bonchev–Trinajstić information content (AvgIpc) is 3.14. The van der Waals surface area contributed by atoms with Crippen LogP contribution in [0.2, 0.25) is 0 Å². The molecule has 26 heavy (non-hydrogen) atoms. The van der Waals surface area contributed by atoms with Crippen LogP contribution in [-0.4, -0.2) is 16.8 Å². The Balaban J connectivity index is 1.89. The van der Waals surface area contributed by atoms with Gasteiger partial charge in [-0.3, -0.25) is 14.9 Å². The Kier molecular flexibility index (Phi) is 4.79. The van der Waals surface area contributed by atoms with Crippen molar-refractivity contribution in [3.8, 4) is 11.3 Å². The first kappa shape index (κ1) is 18.1. The van der Waals surface area contributed by atoms with E-state index < -0.39 is 34.8 Å². The predicted molar refractivity (Wildman–Crippen MR) is 93.0 cm³/mol. The summed E-state index contributed by atoms with van der Waals surface area (Å²) >= 11 is 2.03. The first-order chi connectivity index (χ1) is 12.3. The first-order valence-corrected chi connectivity index (χ1v) is 8.78. The van der Waals surface area contributed by atoms with E-state index in [1.165, 1.54) is 11.4 Å². The molecule has 2 heterocycles. The molecular weight excluding hydrogens is 387 g/mol. The molecule has 2 amide bonds. The molecule has 0 unspecified atom stereocenters. The van der Waals surface area contributed by atoms with Gasteiger partial charge in [0.15, 0.2) is 5.13 Å². The fraction of sp³-hybridized carbons (Fsp3) is 0.0625. The van der Waals surface area contributed by atoms with Crippen molar-refractivity contribution in [2.24, 2.45) is 5.73 Å². The number of hydrogen-bond acceptors (Lipinski definition) is 5. The fourth-order valence-electron chi connectivity index (χ4n) is 2.19. The predicted octanol–water partition coefficient (Wildman–Crippen LogP) is 3.95. The number of amides is 2. The highest BCUT2D eigenvalue weighted by molar-refractivity contribution is 7.16. The van der Waals surface area contributed by atoms with Crippen LogP contribution in [0.3, 0.4) is 0 Å². The average molecular weight is 397 g/mol. The molecular formula is C16H10F3N3O2S2. The summed E-state index contributed by atoms with van der Waals surface area (Å²) in [4.78, 5) is 28.0. The standard InChI is InChI=1S/C16H10F3N3O2S2/c1-6-13(12-9(18)3-8(17)4-10(12)19)21-16(26-6)22-15(24)11-2-7(5-25-11)14(20)23/h2-5H,1H3,(H2,20,23)(H,21,22,24). The van der Waals surface area contributed by atoms with Crippen molar-refractivity contribution in [1.29, 1.82) is 0 Å². The lowest BCUT2D eigenvalue weighted by Crippen LogP contribution is -2.11. The Morgan fingerprint density at radius 3 is 2.38 bits per heavy atom. The highest BCUT2D eigenvalue weighted by Gasteiger charge is 2.21. The normalized spacial score (nSPS) is 10.8. The SMILES string of the molecule is Cc1sc(NC(=O)c2cc(C(N)=O)cs2)nc1-c1c(F)cc(F)cc1F. The number of rotatable bonds is 4. The fourth-order valence-corrected chi connectivity index (χ4v) is 3.80. The number of benzene rings is 1. The first-order valence-electron chi connectivity index (χ1n) is 7.08. The van der Waals surface area contributed by atoms with Crippen LogP contribution in [0.25, 0.3) is 11.3 Å². The van der Waals surface area contributed by atoms with E-state index in [0.29, 0.717) is 17.0 Å². The molecule has 0 fully saturated rings. The summed E-state index contributed by atoms with van der Waals surface area (Å²) in [6.07, 6.45) is 0. The molecule has 0 aliphatic rings. The molecule has 3 N–H and O–H groups in total. The van der Waals surface area contributed by atoms with Gasteiger partial charge in [-0.25, -0.2) is 18.2 Å². The largest absolute Gasteiger partial charge is 0.366 e. The molecule has 5 nitrogen and oxygen atoms in total. The molecule has 3 rings (SSSR count). The number of nitrogens with two attached hydrogens (primary N) is 1. The molecule has 0 aliphatic carbocycles. The Morgan fingerprint density at radius 1 is 1.15 bits per heavy atom. The molecule has 0 atom stereocenters. The molecule has 3 aromatic rings. The van der Waals surface area contributed by atoms with Crippen molar-refractivity contribution in [2.75, 3.05) is 5.32 Å². The van der Waals surface area contributed by atoms with E-state index >= 15 is 0 Å². The van der Waals surface area contributed by atoms with Gasteiger partial charge in [-0.15, -0.1) is 22.7 Å². The van der Waals surface area contributed by atoms with Crippen LogP contribution in [0.1, 0.15) is 24.9 Å². The van der Waals surface area contributed by atoms with Gasteiger partial charge in [0.1, 0.15) is 17.5 Å². The third kappa shape index (κ3) is 3.46. The van der Waals surface area contributed by atoms with E-state index in [9.17, 15) is 22.8 Å². The van der Waals surface area contributed by atoms with Crippen molar-refractivity contribution >= 4 is 39.6 Å². The van der Waals surface area contributed by atoms with E-state index in [1.54, 1.807) is 6.92 Å². The van der Waals surface area contributed by atoms with E-state index in [2.05, 4.69) is 10.3 Å². The van der Waals surface area contributed by atoms with Gasteiger partial charge >= 0.3 is 0 Å². The number of halogens is 3. The lowest BCUT2D eigenvalue weighted by Gasteiger charge is -2.03. The lowest BCUT2D eigenvalue weighted by atomic mass is 10.1. The van der Waals surface area contributed by atoms with Crippen LogP contribution in [0, 0.1) is 24.4 Å². The van der Waals surface area contributed by atoms with Gasteiger partial charge in [0.25, 0.3) is 5.91 Å². The summed E-state index contributed by atoms with van der Waals surface area (Å²) in [5.41, 5.74) is 4.85. The maximum atomic E-state index is 13.9. The van der Waals surface area contributed by atoms with Gasteiger partial charge in [-0.05, 0) is 13.0 Å². The number of nitrogens with one attached hydrogen (secondary N) is 1. The topological polar surface area (TPSA) is 85.1 Å². The summed E-state index contributed by atoms with van der Waals surface area (Å²) in [6, 6.07) is 2.46. The molecule has 1 aromatic carbocycles. The molecule has 0 saturated carbocycles. The van der Waals surface area contributed by atoms with Crippen molar-refractivity contribution in [3.05, 3.63) is 56.3 Å². The zero-order valence-corrected chi connectivity index (χ0v) is 14.7. The molecule has 0 spiro atoms. The highest BCUT2D eigenvalue weighted by atomic mass is 32.1. The number of primary amides is 1. The summed E-state index contributed by atoms with van der Waals surface area (Å²) in [5.74, 6) is -4.40. The number of carbonyl (C=O) groups is 2. The van der Waals surface area contributed by atoms with Gasteiger partial charge in [-0.2, -0.15) is 0 Å². The number of nitrogens with zero attached hydrogens (tertiary/aromatic N) is 1. The van der Waals surface area contributed by atoms with Crippen molar-refractivity contribution < 1.29 is 22.8 Å². The number of aromatic nitrogens is 1. The minimum Gasteiger partial charge on any atom is -0.366 e. The highest BCUT2D eigenvalue weighted by Crippen LogP contribution is 2.34. The van der Waals surface area contributed by atoms with Crippen LogP contribution in [0.5, 0.6) is 0 Å². The monoisotopic (exact) mass is 397 g/mol. The van der Waals surface area contributed by atoms with Crippen molar-refractivity contribution in [1.82, 2.24) is 4.98 Å². The number of hydrogen-bond donors (Lipinski definition) is 2. The van der Waals surface area contributed by atoms with Crippen LogP contribution in [0.4, 0.5) is 18.3 Å². The van der Waals surface area contributed by atoms with E-state index in [4.69, 9.17) is 5.73 Å². The number of aryl methyl sites for hydroxylation is 1. The number of thiophene rings is 1. The van der Waals surface area contributed by atoms with E-state index in [-0.39, 0.29) is 21.3 Å². The third-order valence-corrected chi connectivity index (χ3v) is 5.18. The van der Waals surface area contributed by atoms with Gasteiger partial charge in [0.05, 0.1) is 21.7 Å². The van der Waals surface area contributed by atoms with E-state index in [1.807, 2.05) is 0 Å². The molecule has 0 saturated heterocycles. The number of thiazole rings is 1. The summed E-state index contributed by atoms with van der Waals surface area (Å²) in [7, 11) is 0. The van der Waals surface area contributed by atoms with Crippen LogP contribution < -0.4 is 11.1 Å². The Hall–Kier alpha value is -2.72. The Morgan fingerprint density at radius 2 is 1.81 bits per heavy atom. The smallest absolute Gasteiger partial charge is 0.267 e. The second-order valence-electron chi connectivity index (χ2n) is 5.19. The quantitative estimate of drug-likeness (QED) is 0.699. The van der Waals surface area contributed by atoms with E-state index in [0.717, 1.165) is 22.7 Å². The van der Waals surface area contributed by atoms with Crippen molar-refractivity contribution in [2.45, 2.75) is 6.92 Å². The Bertz CT molecular complexity index is 1010.